The van der Waals surface area contributed by atoms with Crippen LogP contribution in [0.1, 0.15) is 16.1 Å². The molecule has 0 radical (unpaired) electrons. The Morgan fingerprint density at radius 2 is 2.17 bits per heavy atom. The van der Waals surface area contributed by atoms with Gasteiger partial charge in [0.15, 0.2) is 5.69 Å². The lowest BCUT2D eigenvalue weighted by Crippen LogP contribution is -2.15. The zero-order valence-electron chi connectivity index (χ0n) is 12.2. The van der Waals surface area contributed by atoms with E-state index >= 15 is 0 Å². The standard InChI is InChI=1S/C15H13BrClN5O/c1-10-2-3-12(17)6-14(10)19-15(23)13-4-5-21(20-13)9-22-8-11(16)7-18-22/h2-8H,9H2,1H3,(H,19,23). The molecular weight excluding hydrogens is 382 g/mol. The third-order valence-corrected chi connectivity index (χ3v) is 3.86. The molecule has 0 atom stereocenters. The molecule has 0 fully saturated rings. The highest BCUT2D eigenvalue weighted by molar-refractivity contribution is 9.10. The smallest absolute Gasteiger partial charge is 0.276 e. The molecule has 0 unspecified atom stereocenters. The number of rotatable bonds is 4. The molecule has 8 heteroatoms. The van der Waals surface area contributed by atoms with Crippen molar-refractivity contribution in [3.8, 4) is 0 Å². The summed E-state index contributed by atoms with van der Waals surface area (Å²) in [5.74, 6) is -0.282. The van der Waals surface area contributed by atoms with Crippen LogP contribution in [-0.4, -0.2) is 25.5 Å². The number of hydrogen-bond acceptors (Lipinski definition) is 3. The maximum atomic E-state index is 12.3. The third-order valence-electron chi connectivity index (χ3n) is 3.21. The number of halogens is 2. The van der Waals surface area contributed by atoms with E-state index in [0.29, 0.717) is 23.1 Å². The van der Waals surface area contributed by atoms with Crippen LogP contribution in [0.4, 0.5) is 5.69 Å². The first-order valence-electron chi connectivity index (χ1n) is 6.80. The first-order valence-corrected chi connectivity index (χ1v) is 7.97. The zero-order chi connectivity index (χ0) is 16.4. The number of carbonyl (C=O) groups excluding carboxylic acids is 1. The molecule has 0 saturated carbocycles. The fraction of sp³-hybridized carbons (Fsp3) is 0.133. The first kappa shape index (κ1) is 15.8. The van der Waals surface area contributed by atoms with Crippen LogP contribution in [-0.2, 0) is 6.67 Å². The van der Waals surface area contributed by atoms with Crippen LogP contribution in [0.25, 0.3) is 0 Å². The molecule has 2 aromatic heterocycles. The van der Waals surface area contributed by atoms with E-state index in [4.69, 9.17) is 11.6 Å². The molecule has 0 aliphatic rings. The van der Waals surface area contributed by atoms with Gasteiger partial charge in [-0.25, -0.2) is 4.68 Å². The molecular formula is C15H13BrClN5O. The summed E-state index contributed by atoms with van der Waals surface area (Å²) in [5, 5.41) is 11.8. The number of aryl methyl sites for hydroxylation is 1. The summed E-state index contributed by atoms with van der Waals surface area (Å²) in [6.45, 7) is 2.33. The molecule has 6 nitrogen and oxygen atoms in total. The van der Waals surface area contributed by atoms with E-state index < -0.39 is 0 Å². The van der Waals surface area contributed by atoms with Crippen LogP contribution in [0.2, 0.25) is 5.02 Å². The number of carbonyl (C=O) groups is 1. The van der Waals surface area contributed by atoms with E-state index in [1.54, 1.807) is 40.0 Å². The van der Waals surface area contributed by atoms with Crippen molar-refractivity contribution < 1.29 is 4.79 Å². The lowest BCUT2D eigenvalue weighted by Gasteiger charge is -2.07. The number of anilines is 1. The Labute approximate surface area is 146 Å². The second-order valence-corrected chi connectivity index (χ2v) is 6.35. The molecule has 0 aliphatic heterocycles. The SMILES string of the molecule is Cc1ccc(Cl)cc1NC(=O)c1ccn(Cn2cc(Br)cn2)n1. The molecule has 0 spiro atoms. The average molecular weight is 395 g/mol. The minimum atomic E-state index is -0.282. The van der Waals surface area contributed by atoms with Crippen LogP contribution in [0.5, 0.6) is 0 Å². The lowest BCUT2D eigenvalue weighted by atomic mass is 10.2. The Bertz CT molecular complexity index is 857. The highest BCUT2D eigenvalue weighted by atomic mass is 79.9. The Kier molecular flexibility index (Phi) is 4.49. The molecule has 0 bridgehead atoms. The second kappa shape index (κ2) is 6.55. The molecule has 1 N–H and O–H groups in total. The molecule has 1 amide bonds. The Morgan fingerprint density at radius 1 is 1.35 bits per heavy atom. The van der Waals surface area contributed by atoms with E-state index in [2.05, 4.69) is 31.4 Å². The molecule has 23 heavy (non-hydrogen) atoms. The van der Waals surface area contributed by atoms with E-state index in [1.165, 1.54) is 0 Å². The zero-order valence-corrected chi connectivity index (χ0v) is 14.5. The lowest BCUT2D eigenvalue weighted by molar-refractivity contribution is 0.102. The van der Waals surface area contributed by atoms with Crippen LogP contribution in [0.15, 0.2) is 47.3 Å². The highest BCUT2D eigenvalue weighted by Gasteiger charge is 2.11. The minimum Gasteiger partial charge on any atom is -0.320 e. The minimum absolute atomic E-state index is 0.282. The highest BCUT2D eigenvalue weighted by Crippen LogP contribution is 2.20. The number of hydrogen-bond donors (Lipinski definition) is 1. The van der Waals surface area contributed by atoms with Crippen molar-refractivity contribution in [1.29, 1.82) is 0 Å². The fourth-order valence-corrected chi connectivity index (χ4v) is 2.54. The van der Waals surface area contributed by atoms with Crippen LogP contribution in [0.3, 0.4) is 0 Å². The molecule has 1 aromatic carbocycles. The van der Waals surface area contributed by atoms with Gasteiger partial charge in [0.1, 0.15) is 6.67 Å². The van der Waals surface area contributed by atoms with Crippen LogP contribution >= 0.6 is 27.5 Å². The Balaban J connectivity index is 1.72. The van der Waals surface area contributed by atoms with Gasteiger partial charge in [-0.2, -0.15) is 10.2 Å². The Hall–Kier alpha value is -2.12. The number of amides is 1. The maximum absolute atomic E-state index is 12.3. The van der Waals surface area contributed by atoms with Gasteiger partial charge in [0.2, 0.25) is 0 Å². The van der Waals surface area contributed by atoms with Gasteiger partial charge < -0.3 is 5.32 Å². The summed E-state index contributed by atoms with van der Waals surface area (Å²) in [4.78, 5) is 12.3. The monoisotopic (exact) mass is 393 g/mol. The molecule has 2 heterocycles. The van der Waals surface area contributed by atoms with Crippen molar-refractivity contribution in [2.45, 2.75) is 13.6 Å². The van der Waals surface area contributed by atoms with Crippen LogP contribution < -0.4 is 5.32 Å². The number of aromatic nitrogens is 4. The number of nitrogens with one attached hydrogen (secondary N) is 1. The van der Waals surface area contributed by atoms with Crippen LogP contribution in [0, 0.1) is 6.92 Å². The Morgan fingerprint density at radius 3 is 2.91 bits per heavy atom. The summed E-state index contributed by atoms with van der Waals surface area (Å²) in [6.07, 6.45) is 5.26. The molecule has 118 valence electrons. The van der Waals surface area contributed by atoms with Gasteiger partial charge in [-0.3, -0.25) is 9.48 Å². The van der Waals surface area contributed by atoms with E-state index in [-0.39, 0.29) is 5.91 Å². The molecule has 0 saturated heterocycles. The molecule has 3 rings (SSSR count). The maximum Gasteiger partial charge on any atom is 0.276 e. The largest absolute Gasteiger partial charge is 0.320 e. The summed E-state index contributed by atoms with van der Waals surface area (Å²) < 4.78 is 4.23. The van der Waals surface area contributed by atoms with E-state index in [1.807, 2.05) is 19.2 Å². The van der Waals surface area contributed by atoms with Crippen molar-refractivity contribution in [3.05, 3.63) is 63.6 Å². The van der Waals surface area contributed by atoms with Gasteiger partial charge in [0.05, 0.1) is 10.7 Å². The van der Waals surface area contributed by atoms with Gasteiger partial charge >= 0.3 is 0 Å². The topological polar surface area (TPSA) is 64.7 Å². The second-order valence-electron chi connectivity index (χ2n) is 4.99. The van der Waals surface area contributed by atoms with E-state index in [9.17, 15) is 4.79 Å². The normalized spacial score (nSPS) is 10.7. The average Bonchev–Trinajstić information content (AvgIpc) is 3.13. The third kappa shape index (κ3) is 3.80. The van der Waals surface area contributed by atoms with Gasteiger partial charge in [0.25, 0.3) is 5.91 Å². The van der Waals surface area contributed by atoms with Crippen molar-refractivity contribution in [3.63, 3.8) is 0 Å². The summed E-state index contributed by atoms with van der Waals surface area (Å²) >= 11 is 9.29. The molecule has 0 aliphatic carbocycles. The van der Waals surface area contributed by atoms with Gasteiger partial charge in [0, 0.05) is 23.1 Å². The summed E-state index contributed by atoms with van der Waals surface area (Å²) in [5.41, 5.74) is 1.94. The fourth-order valence-electron chi connectivity index (χ4n) is 2.04. The predicted molar refractivity (Wildman–Crippen MR) is 91.7 cm³/mol. The van der Waals surface area contributed by atoms with Gasteiger partial charge in [-0.1, -0.05) is 17.7 Å². The van der Waals surface area contributed by atoms with E-state index in [0.717, 1.165) is 10.0 Å². The first-order chi connectivity index (χ1) is 11.0. The summed E-state index contributed by atoms with van der Waals surface area (Å²) in [7, 11) is 0. The quantitative estimate of drug-likeness (QED) is 0.736. The van der Waals surface area contributed by atoms with Gasteiger partial charge in [-0.05, 0) is 46.6 Å². The van der Waals surface area contributed by atoms with Crippen molar-refractivity contribution in [2.24, 2.45) is 0 Å². The predicted octanol–water partition coefficient (Wildman–Crippen LogP) is 3.56. The van der Waals surface area contributed by atoms with Crippen molar-refractivity contribution in [2.75, 3.05) is 5.32 Å². The van der Waals surface area contributed by atoms with Crippen molar-refractivity contribution in [1.82, 2.24) is 19.6 Å². The van der Waals surface area contributed by atoms with Crippen molar-refractivity contribution >= 4 is 39.1 Å². The summed E-state index contributed by atoms with van der Waals surface area (Å²) in [6, 6.07) is 7.01. The number of benzene rings is 1. The molecule has 3 aromatic rings. The number of nitrogens with zero attached hydrogens (tertiary/aromatic N) is 4. The van der Waals surface area contributed by atoms with Gasteiger partial charge in [-0.15, -0.1) is 0 Å².